The van der Waals surface area contributed by atoms with Crippen LogP contribution in [0.15, 0.2) is 24.3 Å². The largest absolute Gasteiger partial charge is 0.407 e. The zero-order valence-electron chi connectivity index (χ0n) is 9.38. The van der Waals surface area contributed by atoms with Crippen molar-refractivity contribution in [3.8, 4) is 0 Å². The van der Waals surface area contributed by atoms with Gasteiger partial charge in [-0.1, -0.05) is 38.1 Å². The van der Waals surface area contributed by atoms with E-state index < -0.39 is 12.2 Å². The van der Waals surface area contributed by atoms with Gasteiger partial charge in [0, 0.05) is 0 Å². The van der Waals surface area contributed by atoms with Gasteiger partial charge in [-0.25, -0.2) is 0 Å². The first kappa shape index (κ1) is 13.0. The molecule has 90 valence electrons. The second-order valence-electron chi connectivity index (χ2n) is 3.96. The van der Waals surface area contributed by atoms with Gasteiger partial charge in [0.25, 0.3) is 0 Å². The molecule has 0 bridgehead atoms. The van der Waals surface area contributed by atoms with E-state index in [4.69, 9.17) is 5.73 Å². The molecule has 1 unspecified atom stereocenters. The molecule has 1 rings (SSSR count). The lowest BCUT2D eigenvalue weighted by molar-refractivity contribution is -0.149. The van der Waals surface area contributed by atoms with Crippen LogP contribution in [0.3, 0.4) is 0 Å². The normalized spacial score (nSPS) is 15.9. The van der Waals surface area contributed by atoms with Crippen LogP contribution >= 0.6 is 0 Å². The summed E-state index contributed by atoms with van der Waals surface area (Å²) in [6.07, 6.45) is -3.59. The highest BCUT2D eigenvalue weighted by Crippen LogP contribution is 2.35. The fourth-order valence-corrected chi connectivity index (χ4v) is 1.64. The Bertz CT molecular complexity index is 346. The molecule has 0 fully saturated rings. The van der Waals surface area contributed by atoms with E-state index in [9.17, 15) is 13.2 Å². The minimum absolute atomic E-state index is 0.0876. The first-order valence-electron chi connectivity index (χ1n) is 5.29. The molecule has 1 nitrogen and oxygen atoms in total. The topological polar surface area (TPSA) is 26.0 Å². The van der Waals surface area contributed by atoms with Crippen LogP contribution < -0.4 is 5.73 Å². The average Bonchev–Trinajstić information content (AvgIpc) is 2.25. The number of hydrogen-bond donors (Lipinski definition) is 1. The lowest BCUT2D eigenvalue weighted by Gasteiger charge is -2.21. The molecule has 0 aliphatic heterocycles. The van der Waals surface area contributed by atoms with E-state index in [1.807, 2.05) is 13.8 Å². The molecule has 2 atom stereocenters. The summed E-state index contributed by atoms with van der Waals surface area (Å²) in [5, 5.41) is 0. The second kappa shape index (κ2) is 4.87. The number of halogens is 3. The fraction of sp³-hybridized carbons (Fsp3) is 0.500. The third-order valence-corrected chi connectivity index (χ3v) is 2.83. The van der Waals surface area contributed by atoms with Gasteiger partial charge in [0.15, 0.2) is 0 Å². The molecule has 2 N–H and O–H groups in total. The van der Waals surface area contributed by atoms with Gasteiger partial charge in [-0.3, -0.25) is 0 Å². The molecular formula is C12H16F3N. The van der Waals surface area contributed by atoms with Gasteiger partial charge in [-0.05, 0) is 23.5 Å². The molecule has 1 aromatic rings. The Kier molecular flexibility index (Phi) is 3.97. The van der Waals surface area contributed by atoms with Crippen LogP contribution in [-0.4, -0.2) is 6.18 Å². The smallest absolute Gasteiger partial charge is 0.316 e. The number of rotatable bonds is 3. The van der Waals surface area contributed by atoms with E-state index in [2.05, 4.69) is 0 Å². The third kappa shape index (κ3) is 2.76. The monoisotopic (exact) mass is 231 g/mol. The molecule has 0 heterocycles. The Morgan fingerprint density at radius 1 is 1.19 bits per heavy atom. The van der Waals surface area contributed by atoms with E-state index in [1.54, 1.807) is 18.2 Å². The maximum absolute atomic E-state index is 12.6. The molecule has 0 aliphatic rings. The van der Waals surface area contributed by atoms with Crippen LogP contribution in [0.1, 0.15) is 43.4 Å². The molecule has 0 radical (unpaired) electrons. The fourth-order valence-electron chi connectivity index (χ4n) is 1.64. The van der Waals surface area contributed by atoms with E-state index in [-0.39, 0.29) is 11.5 Å². The number of benzene rings is 1. The predicted molar refractivity (Wildman–Crippen MR) is 58.1 cm³/mol. The highest BCUT2D eigenvalue weighted by molar-refractivity contribution is 5.33. The van der Waals surface area contributed by atoms with Gasteiger partial charge in [-0.2, -0.15) is 13.2 Å². The van der Waals surface area contributed by atoms with Gasteiger partial charge >= 0.3 is 6.18 Å². The predicted octanol–water partition coefficient (Wildman–Crippen LogP) is 3.76. The maximum atomic E-state index is 12.6. The summed E-state index contributed by atoms with van der Waals surface area (Å²) < 4.78 is 37.7. The standard InChI is InChI=1S/C12H16F3N/c1-3-8(2)9-6-4-5-7-10(9)11(16)12(13,14)15/h4-8,11H,3,16H2,1-2H3/t8?,11-/m1/s1. The lowest BCUT2D eigenvalue weighted by Crippen LogP contribution is -2.29. The molecule has 0 amide bonds. The highest BCUT2D eigenvalue weighted by atomic mass is 19.4. The van der Waals surface area contributed by atoms with Crippen molar-refractivity contribution in [1.29, 1.82) is 0 Å². The first-order chi connectivity index (χ1) is 7.38. The van der Waals surface area contributed by atoms with Crippen LogP contribution in [0.25, 0.3) is 0 Å². The Balaban J connectivity index is 3.13. The van der Waals surface area contributed by atoms with Crippen LogP contribution in [0.5, 0.6) is 0 Å². The number of nitrogens with two attached hydrogens (primary N) is 1. The zero-order valence-corrected chi connectivity index (χ0v) is 9.38. The van der Waals surface area contributed by atoms with Crippen molar-refractivity contribution in [1.82, 2.24) is 0 Å². The van der Waals surface area contributed by atoms with E-state index in [0.717, 1.165) is 6.42 Å². The minimum atomic E-state index is -4.39. The Morgan fingerprint density at radius 3 is 2.12 bits per heavy atom. The van der Waals surface area contributed by atoms with Crippen molar-refractivity contribution < 1.29 is 13.2 Å². The van der Waals surface area contributed by atoms with Crippen molar-refractivity contribution in [3.63, 3.8) is 0 Å². The van der Waals surface area contributed by atoms with Crippen molar-refractivity contribution in [3.05, 3.63) is 35.4 Å². The zero-order chi connectivity index (χ0) is 12.3. The van der Waals surface area contributed by atoms with Crippen LogP contribution in [0.2, 0.25) is 0 Å². The summed E-state index contributed by atoms with van der Waals surface area (Å²) in [6.45, 7) is 3.85. The maximum Gasteiger partial charge on any atom is 0.407 e. The summed E-state index contributed by atoms with van der Waals surface area (Å²) in [5.74, 6) is 0.0876. The van der Waals surface area contributed by atoms with Gasteiger partial charge in [-0.15, -0.1) is 0 Å². The molecule has 0 spiro atoms. The molecular weight excluding hydrogens is 215 g/mol. The van der Waals surface area contributed by atoms with Crippen molar-refractivity contribution in [2.75, 3.05) is 0 Å². The van der Waals surface area contributed by atoms with E-state index >= 15 is 0 Å². The SMILES string of the molecule is CCC(C)c1ccccc1[C@@H](N)C(F)(F)F. The summed E-state index contributed by atoms with van der Waals surface area (Å²) in [5.41, 5.74) is 6.11. The molecule has 0 saturated carbocycles. The van der Waals surface area contributed by atoms with E-state index in [0.29, 0.717) is 5.56 Å². The first-order valence-corrected chi connectivity index (χ1v) is 5.29. The van der Waals surface area contributed by atoms with Crippen LogP contribution in [-0.2, 0) is 0 Å². The molecule has 0 aliphatic carbocycles. The molecule has 0 saturated heterocycles. The van der Waals surface area contributed by atoms with Crippen LogP contribution in [0.4, 0.5) is 13.2 Å². The highest BCUT2D eigenvalue weighted by Gasteiger charge is 2.39. The second-order valence-corrected chi connectivity index (χ2v) is 3.96. The molecule has 0 aromatic heterocycles. The summed E-state index contributed by atoms with van der Waals surface area (Å²) in [7, 11) is 0. The third-order valence-electron chi connectivity index (χ3n) is 2.83. The average molecular weight is 231 g/mol. The van der Waals surface area contributed by atoms with Gasteiger partial charge in [0.05, 0.1) is 0 Å². The minimum Gasteiger partial charge on any atom is -0.316 e. The number of alkyl halides is 3. The lowest BCUT2D eigenvalue weighted by atomic mass is 9.90. The van der Waals surface area contributed by atoms with Gasteiger partial charge in [0.1, 0.15) is 6.04 Å². The summed E-state index contributed by atoms with van der Waals surface area (Å²) in [4.78, 5) is 0. The molecule has 1 aromatic carbocycles. The Hall–Kier alpha value is -1.03. The Labute approximate surface area is 93.5 Å². The van der Waals surface area contributed by atoms with Crippen LogP contribution in [0, 0.1) is 0 Å². The van der Waals surface area contributed by atoms with E-state index in [1.165, 1.54) is 6.07 Å². The van der Waals surface area contributed by atoms with Gasteiger partial charge in [0.2, 0.25) is 0 Å². The van der Waals surface area contributed by atoms with Gasteiger partial charge < -0.3 is 5.73 Å². The quantitative estimate of drug-likeness (QED) is 0.842. The molecule has 4 heteroatoms. The summed E-state index contributed by atoms with van der Waals surface area (Å²) >= 11 is 0. The van der Waals surface area contributed by atoms with Crippen molar-refractivity contribution in [2.24, 2.45) is 5.73 Å². The summed E-state index contributed by atoms with van der Waals surface area (Å²) in [6, 6.07) is 4.62. The Morgan fingerprint density at radius 2 is 1.69 bits per heavy atom. The number of hydrogen-bond acceptors (Lipinski definition) is 1. The molecule has 16 heavy (non-hydrogen) atoms. The van der Waals surface area contributed by atoms with Crippen molar-refractivity contribution >= 4 is 0 Å². The van der Waals surface area contributed by atoms with Crippen molar-refractivity contribution in [2.45, 2.75) is 38.4 Å².